The van der Waals surface area contributed by atoms with Crippen molar-refractivity contribution in [3.05, 3.63) is 22.7 Å². The summed E-state index contributed by atoms with van der Waals surface area (Å²) >= 11 is 3.45. The first-order valence-electron chi connectivity index (χ1n) is 6.47. The number of methoxy groups -OCH3 is 1. The van der Waals surface area contributed by atoms with Gasteiger partial charge in [-0.2, -0.15) is 5.26 Å². The summed E-state index contributed by atoms with van der Waals surface area (Å²) in [6.07, 6.45) is 3.02. The van der Waals surface area contributed by atoms with Gasteiger partial charge < -0.3 is 10.1 Å². The molecule has 0 aliphatic carbocycles. The Bertz CT molecular complexity index is 452. The molecular weight excluding hydrogens is 304 g/mol. The Morgan fingerprint density at radius 1 is 1.37 bits per heavy atom. The topological polar surface area (TPSA) is 45.0 Å². The fourth-order valence-corrected chi connectivity index (χ4v) is 2.15. The molecule has 0 aliphatic rings. The highest BCUT2D eigenvalue weighted by atomic mass is 79.9. The zero-order chi connectivity index (χ0) is 14.3. The zero-order valence-electron chi connectivity index (χ0n) is 11.8. The molecular formula is C15H21BrN2O. The van der Waals surface area contributed by atoms with Crippen LogP contribution in [0.25, 0.3) is 0 Å². The Labute approximate surface area is 124 Å². The number of nitrogens with one attached hydrogen (secondary N) is 1. The SMILES string of the molecule is COc1ccc(Br)cc1NCCCCC(C)(C)C#N. The van der Waals surface area contributed by atoms with Crippen LogP contribution in [0.1, 0.15) is 33.1 Å². The van der Waals surface area contributed by atoms with E-state index in [2.05, 4.69) is 27.3 Å². The van der Waals surface area contributed by atoms with E-state index in [1.165, 1.54) is 0 Å². The van der Waals surface area contributed by atoms with Gasteiger partial charge in [0.15, 0.2) is 0 Å². The predicted molar refractivity (Wildman–Crippen MR) is 82.4 cm³/mol. The summed E-state index contributed by atoms with van der Waals surface area (Å²) in [5, 5.41) is 12.3. The number of halogens is 1. The van der Waals surface area contributed by atoms with Crippen LogP contribution in [0.4, 0.5) is 5.69 Å². The first-order valence-corrected chi connectivity index (χ1v) is 7.26. The van der Waals surface area contributed by atoms with Crippen molar-refractivity contribution in [1.82, 2.24) is 0 Å². The van der Waals surface area contributed by atoms with Crippen LogP contribution >= 0.6 is 15.9 Å². The van der Waals surface area contributed by atoms with E-state index in [0.717, 1.165) is 41.7 Å². The van der Waals surface area contributed by atoms with Crippen LogP contribution in [0.3, 0.4) is 0 Å². The molecule has 1 rings (SSSR count). The van der Waals surface area contributed by atoms with Crippen molar-refractivity contribution in [2.75, 3.05) is 19.0 Å². The summed E-state index contributed by atoms with van der Waals surface area (Å²) in [5.41, 5.74) is 0.782. The number of rotatable bonds is 7. The van der Waals surface area contributed by atoms with E-state index >= 15 is 0 Å². The highest BCUT2D eigenvalue weighted by Gasteiger charge is 2.15. The average molecular weight is 325 g/mol. The van der Waals surface area contributed by atoms with Gasteiger partial charge in [0.1, 0.15) is 5.75 Å². The molecule has 1 aromatic carbocycles. The van der Waals surface area contributed by atoms with Crippen molar-refractivity contribution in [3.8, 4) is 11.8 Å². The van der Waals surface area contributed by atoms with Gasteiger partial charge in [0.2, 0.25) is 0 Å². The quantitative estimate of drug-likeness (QED) is 0.746. The van der Waals surface area contributed by atoms with Crippen molar-refractivity contribution < 1.29 is 4.74 Å². The van der Waals surface area contributed by atoms with Gasteiger partial charge in [-0.05, 0) is 44.9 Å². The van der Waals surface area contributed by atoms with E-state index in [0.29, 0.717) is 0 Å². The second-order valence-corrected chi connectivity index (χ2v) is 6.14. The zero-order valence-corrected chi connectivity index (χ0v) is 13.4. The summed E-state index contributed by atoms with van der Waals surface area (Å²) in [6, 6.07) is 8.23. The van der Waals surface area contributed by atoms with Crippen molar-refractivity contribution >= 4 is 21.6 Å². The lowest BCUT2D eigenvalue weighted by Crippen LogP contribution is -2.09. The molecule has 1 aromatic rings. The van der Waals surface area contributed by atoms with Gasteiger partial charge >= 0.3 is 0 Å². The largest absolute Gasteiger partial charge is 0.495 e. The molecule has 0 unspecified atom stereocenters. The monoisotopic (exact) mass is 324 g/mol. The lowest BCUT2D eigenvalue weighted by Gasteiger charge is -2.15. The molecule has 0 radical (unpaired) electrons. The maximum absolute atomic E-state index is 8.94. The molecule has 0 heterocycles. The van der Waals surface area contributed by atoms with Gasteiger partial charge in [-0.1, -0.05) is 22.4 Å². The minimum atomic E-state index is -0.215. The number of nitriles is 1. The molecule has 104 valence electrons. The van der Waals surface area contributed by atoms with Gasteiger partial charge in [-0.15, -0.1) is 0 Å². The van der Waals surface area contributed by atoms with Crippen molar-refractivity contribution in [3.63, 3.8) is 0 Å². The molecule has 0 aromatic heterocycles. The van der Waals surface area contributed by atoms with E-state index < -0.39 is 0 Å². The average Bonchev–Trinajstić information content (AvgIpc) is 2.38. The first-order chi connectivity index (χ1) is 8.98. The van der Waals surface area contributed by atoms with E-state index in [-0.39, 0.29) is 5.41 Å². The van der Waals surface area contributed by atoms with E-state index in [9.17, 15) is 0 Å². The number of hydrogen-bond acceptors (Lipinski definition) is 3. The molecule has 19 heavy (non-hydrogen) atoms. The number of ether oxygens (including phenoxy) is 1. The van der Waals surface area contributed by atoms with Crippen LogP contribution in [-0.2, 0) is 0 Å². The van der Waals surface area contributed by atoms with Crippen molar-refractivity contribution in [2.24, 2.45) is 5.41 Å². The summed E-state index contributed by atoms with van der Waals surface area (Å²) in [5.74, 6) is 0.848. The third kappa shape index (κ3) is 5.52. The van der Waals surface area contributed by atoms with Gasteiger partial charge in [-0.25, -0.2) is 0 Å². The highest BCUT2D eigenvalue weighted by molar-refractivity contribution is 9.10. The summed E-state index contributed by atoms with van der Waals surface area (Å²) in [4.78, 5) is 0. The Hall–Kier alpha value is -1.21. The molecule has 0 saturated heterocycles. The smallest absolute Gasteiger partial charge is 0.142 e. The molecule has 0 amide bonds. The standard InChI is InChI=1S/C15H21BrN2O/c1-15(2,11-17)8-4-5-9-18-13-10-12(16)6-7-14(13)19-3/h6-7,10,18H,4-5,8-9H2,1-3H3. The third-order valence-corrected chi connectivity index (χ3v) is 3.50. The third-order valence-electron chi connectivity index (χ3n) is 3.01. The highest BCUT2D eigenvalue weighted by Crippen LogP contribution is 2.28. The number of hydrogen-bond donors (Lipinski definition) is 1. The second kappa shape index (κ2) is 7.40. The lowest BCUT2D eigenvalue weighted by molar-refractivity contribution is 0.415. The maximum atomic E-state index is 8.94. The minimum absolute atomic E-state index is 0.215. The van der Waals surface area contributed by atoms with Crippen LogP contribution in [0, 0.1) is 16.7 Å². The van der Waals surface area contributed by atoms with E-state index in [1.807, 2.05) is 32.0 Å². The number of nitrogens with zero attached hydrogens (tertiary/aromatic N) is 1. The first kappa shape index (κ1) is 15.8. The number of unbranched alkanes of at least 4 members (excludes halogenated alkanes) is 1. The predicted octanol–water partition coefficient (Wildman–Crippen LogP) is 4.59. The molecule has 0 bridgehead atoms. The Morgan fingerprint density at radius 3 is 2.74 bits per heavy atom. The van der Waals surface area contributed by atoms with Gasteiger partial charge in [0.05, 0.1) is 24.3 Å². The molecule has 0 saturated carbocycles. The molecule has 1 N–H and O–H groups in total. The van der Waals surface area contributed by atoms with E-state index in [1.54, 1.807) is 7.11 Å². The molecule has 0 spiro atoms. The van der Waals surface area contributed by atoms with Crippen LogP contribution < -0.4 is 10.1 Å². The molecule has 4 heteroatoms. The maximum Gasteiger partial charge on any atom is 0.142 e. The van der Waals surface area contributed by atoms with Crippen molar-refractivity contribution in [2.45, 2.75) is 33.1 Å². The Morgan fingerprint density at radius 2 is 2.11 bits per heavy atom. The Kier molecular flexibility index (Phi) is 6.17. The van der Waals surface area contributed by atoms with Crippen LogP contribution in [0.15, 0.2) is 22.7 Å². The van der Waals surface area contributed by atoms with Crippen LogP contribution in [-0.4, -0.2) is 13.7 Å². The summed E-state index contributed by atoms with van der Waals surface area (Å²) in [7, 11) is 1.67. The minimum Gasteiger partial charge on any atom is -0.495 e. The van der Waals surface area contributed by atoms with E-state index in [4.69, 9.17) is 10.00 Å². The van der Waals surface area contributed by atoms with Gasteiger partial charge in [0, 0.05) is 11.0 Å². The lowest BCUT2D eigenvalue weighted by atomic mass is 9.89. The fraction of sp³-hybridized carbons (Fsp3) is 0.533. The second-order valence-electron chi connectivity index (χ2n) is 5.22. The number of anilines is 1. The molecule has 3 nitrogen and oxygen atoms in total. The normalized spacial score (nSPS) is 10.9. The summed E-state index contributed by atoms with van der Waals surface area (Å²) < 4.78 is 6.33. The Balaban J connectivity index is 2.38. The van der Waals surface area contributed by atoms with Gasteiger partial charge in [0.25, 0.3) is 0 Å². The van der Waals surface area contributed by atoms with Gasteiger partial charge in [-0.3, -0.25) is 0 Å². The molecule has 0 fully saturated rings. The fourth-order valence-electron chi connectivity index (χ4n) is 1.79. The summed E-state index contributed by atoms with van der Waals surface area (Å²) in [6.45, 7) is 4.85. The van der Waals surface area contributed by atoms with Crippen molar-refractivity contribution in [1.29, 1.82) is 5.26 Å². The number of benzene rings is 1. The molecule has 0 aliphatic heterocycles. The van der Waals surface area contributed by atoms with Crippen LogP contribution in [0.2, 0.25) is 0 Å². The van der Waals surface area contributed by atoms with Crippen LogP contribution in [0.5, 0.6) is 5.75 Å². The molecule has 0 atom stereocenters.